The molecular weight excluding hydrogens is 345 g/mol. The van der Waals surface area contributed by atoms with Gasteiger partial charge in [0.1, 0.15) is 0 Å². The minimum absolute atomic E-state index is 0. The molecule has 3 rings (SSSR count). The third kappa shape index (κ3) is 4.79. The van der Waals surface area contributed by atoms with Gasteiger partial charge in [0.25, 0.3) is 5.91 Å². The summed E-state index contributed by atoms with van der Waals surface area (Å²) in [7, 11) is 0. The van der Waals surface area contributed by atoms with E-state index in [1.807, 2.05) is 0 Å². The summed E-state index contributed by atoms with van der Waals surface area (Å²) in [6.45, 7) is 2.71. The fraction of sp³-hybridized carbons (Fsp3) is 0.278. The first-order chi connectivity index (χ1) is 10.7. The molecule has 0 unspecified atom stereocenters. The van der Waals surface area contributed by atoms with Crippen LogP contribution in [0.3, 0.4) is 0 Å². The van der Waals surface area contributed by atoms with Gasteiger partial charge in [-0.25, -0.2) is 0 Å². The Hall–Kier alpha value is -1.91. The summed E-state index contributed by atoms with van der Waals surface area (Å²) in [6.07, 6.45) is 2.05. The number of hydrogen-bond acceptors (Lipinski definition) is 3. The molecule has 1 aliphatic heterocycles. The molecule has 0 radical (unpaired) electrons. The maximum absolute atomic E-state index is 12.0. The Bertz CT molecular complexity index is 679. The Morgan fingerprint density at radius 1 is 1.12 bits per heavy atom. The number of carbonyl (C=O) groups is 1. The van der Waals surface area contributed by atoms with Crippen LogP contribution in [-0.4, -0.2) is 25.5 Å². The number of benzene rings is 2. The quantitative estimate of drug-likeness (QED) is 0.629. The lowest BCUT2D eigenvalue weighted by Gasteiger charge is -2.19. The van der Waals surface area contributed by atoms with Gasteiger partial charge in [-0.3, -0.25) is 4.79 Å². The van der Waals surface area contributed by atoms with Crippen LogP contribution in [-0.2, 0) is 6.42 Å². The van der Waals surface area contributed by atoms with Crippen molar-refractivity contribution >= 4 is 42.1 Å². The van der Waals surface area contributed by atoms with Gasteiger partial charge in [-0.05, 0) is 42.7 Å². The van der Waals surface area contributed by atoms with E-state index < -0.39 is 0 Å². The third-order valence-corrected chi connectivity index (χ3v) is 4.02. The van der Waals surface area contributed by atoms with Crippen LogP contribution >= 0.6 is 24.8 Å². The first kappa shape index (κ1) is 20.1. The lowest BCUT2D eigenvalue weighted by molar-refractivity contribution is 0.0953. The molecule has 24 heavy (non-hydrogen) atoms. The van der Waals surface area contributed by atoms with Gasteiger partial charge in [-0.1, -0.05) is 24.3 Å². The van der Waals surface area contributed by atoms with E-state index in [0.717, 1.165) is 25.9 Å². The maximum atomic E-state index is 12.0. The number of nitrogen functional groups attached to an aromatic ring is 1. The van der Waals surface area contributed by atoms with Crippen LogP contribution in [0.25, 0.3) is 0 Å². The highest BCUT2D eigenvalue weighted by molar-refractivity contribution is 5.94. The zero-order valence-corrected chi connectivity index (χ0v) is 15.0. The monoisotopic (exact) mass is 367 g/mol. The number of carbonyl (C=O) groups excluding carboxylic acids is 1. The summed E-state index contributed by atoms with van der Waals surface area (Å²) in [5.74, 6) is -0.0610. The molecule has 0 spiro atoms. The number of anilines is 2. The van der Waals surface area contributed by atoms with Crippen molar-refractivity contribution < 1.29 is 4.79 Å². The Morgan fingerprint density at radius 2 is 1.92 bits per heavy atom. The SMILES string of the molecule is Cl.Cl.Nc1cccc(C(=O)NCCCN2CCc3ccccc32)c1. The zero-order chi connectivity index (χ0) is 15.4. The van der Waals surface area contributed by atoms with E-state index in [1.165, 1.54) is 11.3 Å². The van der Waals surface area contributed by atoms with Gasteiger partial charge < -0.3 is 16.0 Å². The summed E-state index contributed by atoms with van der Waals surface area (Å²) < 4.78 is 0. The van der Waals surface area contributed by atoms with Gasteiger partial charge in [-0.2, -0.15) is 0 Å². The molecule has 2 aromatic carbocycles. The number of para-hydroxylation sites is 1. The number of amides is 1. The van der Waals surface area contributed by atoms with Crippen molar-refractivity contribution in [2.45, 2.75) is 12.8 Å². The molecule has 1 amide bonds. The fourth-order valence-corrected chi connectivity index (χ4v) is 2.89. The lowest BCUT2D eigenvalue weighted by atomic mass is 10.2. The van der Waals surface area contributed by atoms with E-state index in [9.17, 15) is 4.79 Å². The van der Waals surface area contributed by atoms with Crippen LogP contribution in [0.2, 0.25) is 0 Å². The number of nitrogens with two attached hydrogens (primary N) is 1. The third-order valence-electron chi connectivity index (χ3n) is 4.02. The number of hydrogen-bond donors (Lipinski definition) is 2. The molecule has 0 fully saturated rings. The summed E-state index contributed by atoms with van der Waals surface area (Å²) in [5.41, 5.74) is 9.68. The molecule has 4 nitrogen and oxygen atoms in total. The van der Waals surface area contributed by atoms with Gasteiger partial charge in [0.2, 0.25) is 0 Å². The van der Waals surface area contributed by atoms with E-state index in [1.54, 1.807) is 24.3 Å². The van der Waals surface area contributed by atoms with Gasteiger partial charge in [-0.15, -0.1) is 24.8 Å². The van der Waals surface area contributed by atoms with Crippen LogP contribution in [0.1, 0.15) is 22.3 Å². The molecular formula is C18H23Cl2N3O. The van der Waals surface area contributed by atoms with Gasteiger partial charge >= 0.3 is 0 Å². The average Bonchev–Trinajstić information content (AvgIpc) is 2.95. The van der Waals surface area contributed by atoms with Crippen molar-refractivity contribution in [2.24, 2.45) is 0 Å². The van der Waals surface area contributed by atoms with E-state index >= 15 is 0 Å². The molecule has 0 aromatic heterocycles. The van der Waals surface area contributed by atoms with E-state index in [-0.39, 0.29) is 30.7 Å². The minimum atomic E-state index is -0.0610. The molecule has 0 saturated heterocycles. The maximum Gasteiger partial charge on any atom is 0.251 e. The van der Waals surface area contributed by atoms with E-state index in [2.05, 4.69) is 34.5 Å². The molecule has 6 heteroatoms. The number of fused-ring (bicyclic) bond motifs is 1. The summed E-state index contributed by atoms with van der Waals surface area (Å²) in [6, 6.07) is 15.6. The van der Waals surface area contributed by atoms with Crippen molar-refractivity contribution in [3.05, 3.63) is 59.7 Å². The Balaban J connectivity index is 0.00000144. The number of nitrogens with zero attached hydrogens (tertiary/aromatic N) is 1. The van der Waals surface area contributed by atoms with Gasteiger partial charge in [0.15, 0.2) is 0 Å². The average molecular weight is 368 g/mol. The smallest absolute Gasteiger partial charge is 0.251 e. The highest BCUT2D eigenvalue weighted by atomic mass is 35.5. The molecule has 130 valence electrons. The van der Waals surface area contributed by atoms with Crippen molar-refractivity contribution in [2.75, 3.05) is 30.3 Å². The molecule has 1 aliphatic rings. The minimum Gasteiger partial charge on any atom is -0.399 e. The number of rotatable bonds is 5. The summed E-state index contributed by atoms with van der Waals surface area (Å²) >= 11 is 0. The molecule has 2 aromatic rings. The predicted octanol–water partition coefficient (Wildman–Crippen LogP) is 3.30. The van der Waals surface area contributed by atoms with Crippen LogP contribution in [0, 0.1) is 0 Å². The zero-order valence-electron chi connectivity index (χ0n) is 13.4. The van der Waals surface area contributed by atoms with Gasteiger partial charge in [0.05, 0.1) is 0 Å². The number of nitrogens with one attached hydrogen (secondary N) is 1. The largest absolute Gasteiger partial charge is 0.399 e. The predicted molar refractivity (Wildman–Crippen MR) is 105 cm³/mol. The van der Waals surface area contributed by atoms with E-state index in [4.69, 9.17) is 5.73 Å². The number of halogens is 2. The van der Waals surface area contributed by atoms with Crippen molar-refractivity contribution in [3.8, 4) is 0 Å². The standard InChI is InChI=1S/C18H21N3O.2ClH/c19-16-7-3-6-15(13-16)18(22)20-10-4-11-21-12-9-14-5-1-2-8-17(14)21;;/h1-3,5-8,13H,4,9-12,19H2,(H,20,22);2*1H. The van der Waals surface area contributed by atoms with E-state index in [0.29, 0.717) is 17.8 Å². The van der Waals surface area contributed by atoms with Crippen molar-refractivity contribution in [1.29, 1.82) is 0 Å². The molecule has 0 atom stereocenters. The van der Waals surface area contributed by atoms with Crippen molar-refractivity contribution in [1.82, 2.24) is 5.32 Å². The van der Waals surface area contributed by atoms with Gasteiger partial charge in [0, 0.05) is 36.6 Å². The first-order valence-corrected chi connectivity index (χ1v) is 7.70. The molecule has 3 N–H and O–H groups in total. The molecule has 0 aliphatic carbocycles. The Morgan fingerprint density at radius 3 is 2.71 bits per heavy atom. The second-order valence-corrected chi connectivity index (χ2v) is 5.60. The second kappa shape index (κ2) is 9.40. The van der Waals surface area contributed by atoms with Crippen LogP contribution < -0.4 is 16.0 Å². The summed E-state index contributed by atoms with van der Waals surface area (Å²) in [5, 5.41) is 2.95. The second-order valence-electron chi connectivity index (χ2n) is 5.60. The highest BCUT2D eigenvalue weighted by Gasteiger charge is 2.17. The van der Waals surface area contributed by atoms with Crippen LogP contribution in [0.15, 0.2) is 48.5 Å². The molecule has 0 saturated carbocycles. The first-order valence-electron chi connectivity index (χ1n) is 7.70. The molecule has 1 heterocycles. The van der Waals surface area contributed by atoms with Crippen LogP contribution in [0.4, 0.5) is 11.4 Å². The topological polar surface area (TPSA) is 58.4 Å². The molecule has 0 bridgehead atoms. The highest BCUT2D eigenvalue weighted by Crippen LogP contribution is 2.27. The van der Waals surface area contributed by atoms with Crippen LogP contribution in [0.5, 0.6) is 0 Å². The van der Waals surface area contributed by atoms with Crippen molar-refractivity contribution in [3.63, 3.8) is 0 Å². The summed E-state index contributed by atoms with van der Waals surface area (Å²) in [4.78, 5) is 14.4. The Labute approximate surface area is 155 Å². The lowest BCUT2D eigenvalue weighted by Crippen LogP contribution is -2.29. The fourth-order valence-electron chi connectivity index (χ4n) is 2.89. The Kier molecular flexibility index (Phi) is 7.89. The normalized spacial score (nSPS) is 11.9.